The molecule has 0 radical (unpaired) electrons. The standard InChI is InChI=1S/C20H28N4O3/c25-17(4-1-14-5-8-26-10-14)24-7-6-20(12-24)13-27-11-15-9-21-19(23-18(15)20)22-16-2-3-16/h9,14,16H,1-8,10-13H2,(H,21,22,23)/t14-,20+/m1/s1. The Morgan fingerprint density at radius 1 is 1.33 bits per heavy atom. The lowest BCUT2D eigenvalue weighted by atomic mass is 9.80. The number of carbonyl (C=O) groups is 1. The average Bonchev–Trinajstić information content (AvgIpc) is 3.18. The minimum Gasteiger partial charge on any atom is -0.381 e. The predicted molar refractivity (Wildman–Crippen MR) is 99.4 cm³/mol. The predicted octanol–water partition coefficient (Wildman–Crippen LogP) is 1.87. The van der Waals surface area contributed by atoms with Gasteiger partial charge in [-0.3, -0.25) is 4.79 Å². The van der Waals surface area contributed by atoms with Crippen molar-refractivity contribution >= 4 is 11.9 Å². The smallest absolute Gasteiger partial charge is 0.223 e. The first kappa shape index (κ1) is 17.4. The maximum atomic E-state index is 12.8. The van der Waals surface area contributed by atoms with Crippen molar-refractivity contribution in [2.45, 2.75) is 56.6 Å². The molecule has 3 fully saturated rings. The molecule has 1 amide bonds. The van der Waals surface area contributed by atoms with E-state index in [1.165, 1.54) is 12.8 Å². The molecule has 1 aliphatic carbocycles. The first-order valence-corrected chi connectivity index (χ1v) is 10.3. The van der Waals surface area contributed by atoms with Crippen LogP contribution < -0.4 is 5.32 Å². The highest BCUT2D eigenvalue weighted by Gasteiger charge is 2.46. The number of rotatable bonds is 5. The molecule has 1 aromatic heterocycles. The van der Waals surface area contributed by atoms with Gasteiger partial charge in [-0.1, -0.05) is 0 Å². The van der Waals surface area contributed by atoms with Crippen LogP contribution in [0.1, 0.15) is 49.8 Å². The van der Waals surface area contributed by atoms with E-state index in [9.17, 15) is 4.79 Å². The molecular weight excluding hydrogens is 344 g/mol. The second kappa shape index (κ2) is 7.02. The van der Waals surface area contributed by atoms with E-state index in [2.05, 4.69) is 10.3 Å². The molecule has 0 aromatic carbocycles. The molecule has 1 spiro atoms. The minimum atomic E-state index is -0.178. The highest BCUT2D eigenvalue weighted by atomic mass is 16.5. The quantitative estimate of drug-likeness (QED) is 0.850. The van der Waals surface area contributed by atoms with Crippen molar-refractivity contribution in [3.8, 4) is 0 Å². The number of anilines is 1. The van der Waals surface area contributed by atoms with Gasteiger partial charge in [-0.15, -0.1) is 0 Å². The van der Waals surface area contributed by atoms with Crippen molar-refractivity contribution in [1.29, 1.82) is 0 Å². The van der Waals surface area contributed by atoms with Gasteiger partial charge in [-0.25, -0.2) is 9.97 Å². The van der Waals surface area contributed by atoms with Crippen molar-refractivity contribution in [3.05, 3.63) is 17.5 Å². The second-order valence-corrected chi connectivity index (χ2v) is 8.59. The molecule has 27 heavy (non-hydrogen) atoms. The Bertz CT molecular complexity index is 717. The fraction of sp³-hybridized carbons (Fsp3) is 0.750. The maximum Gasteiger partial charge on any atom is 0.223 e. The molecule has 4 heterocycles. The van der Waals surface area contributed by atoms with Crippen LogP contribution in [0.3, 0.4) is 0 Å². The summed E-state index contributed by atoms with van der Waals surface area (Å²) in [6.45, 7) is 4.36. The molecule has 146 valence electrons. The van der Waals surface area contributed by atoms with Gasteiger partial charge in [0.05, 0.1) is 24.3 Å². The SMILES string of the molecule is O=C(CC[C@@H]1CCOC1)N1CC[C@@]2(COCc3cnc(NC4CC4)nc32)C1. The van der Waals surface area contributed by atoms with Gasteiger partial charge >= 0.3 is 0 Å². The van der Waals surface area contributed by atoms with E-state index in [4.69, 9.17) is 14.5 Å². The summed E-state index contributed by atoms with van der Waals surface area (Å²) in [5.41, 5.74) is 1.98. The Balaban J connectivity index is 1.28. The molecule has 4 aliphatic rings. The van der Waals surface area contributed by atoms with Crippen LogP contribution in [0.5, 0.6) is 0 Å². The summed E-state index contributed by atoms with van der Waals surface area (Å²) in [6, 6.07) is 0.528. The summed E-state index contributed by atoms with van der Waals surface area (Å²) >= 11 is 0. The van der Waals surface area contributed by atoms with Crippen LogP contribution in [0.15, 0.2) is 6.20 Å². The molecule has 2 atom stereocenters. The van der Waals surface area contributed by atoms with E-state index in [-0.39, 0.29) is 11.3 Å². The number of nitrogens with one attached hydrogen (secondary N) is 1. The van der Waals surface area contributed by atoms with Gasteiger partial charge < -0.3 is 19.7 Å². The highest BCUT2D eigenvalue weighted by molar-refractivity contribution is 5.76. The van der Waals surface area contributed by atoms with Crippen molar-refractivity contribution in [2.75, 3.05) is 38.2 Å². The summed E-state index contributed by atoms with van der Waals surface area (Å²) in [5.74, 6) is 1.54. The Morgan fingerprint density at radius 3 is 3.07 bits per heavy atom. The molecule has 0 bridgehead atoms. The zero-order chi connectivity index (χ0) is 18.3. The Kier molecular flexibility index (Phi) is 4.52. The van der Waals surface area contributed by atoms with Crippen molar-refractivity contribution < 1.29 is 14.3 Å². The van der Waals surface area contributed by atoms with E-state index in [0.717, 1.165) is 56.2 Å². The highest BCUT2D eigenvalue weighted by Crippen LogP contribution is 2.40. The van der Waals surface area contributed by atoms with E-state index < -0.39 is 0 Å². The van der Waals surface area contributed by atoms with Crippen LogP contribution in [0, 0.1) is 5.92 Å². The number of hydrogen-bond acceptors (Lipinski definition) is 6. The summed E-state index contributed by atoms with van der Waals surface area (Å²) in [6.07, 6.45) is 7.86. The lowest BCUT2D eigenvalue weighted by Crippen LogP contribution is -2.41. The van der Waals surface area contributed by atoms with Crippen LogP contribution in [0.2, 0.25) is 0 Å². The third kappa shape index (κ3) is 3.55. The third-order valence-corrected chi connectivity index (χ3v) is 6.41. The van der Waals surface area contributed by atoms with E-state index in [1.54, 1.807) is 0 Å². The van der Waals surface area contributed by atoms with Gasteiger partial charge in [0.1, 0.15) is 0 Å². The molecule has 1 saturated carbocycles. The number of nitrogens with zero attached hydrogens (tertiary/aromatic N) is 3. The first-order valence-electron chi connectivity index (χ1n) is 10.3. The lowest BCUT2D eigenvalue weighted by molar-refractivity contribution is -0.130. The van der Waals surface area contributed by atoms with Crippen LogP contribution in [-0.4, -0.2) is 59.7 Å². The van der Waals surface area contributed by atoms with E-state index in [0.29, 0.717) is 38.1 Å². The van der Waals surface area contributed by atoms with Gasteiger partial charge in [0.15, 0.2) is 0 Å². The third-order valence-electron chi connectivity index (χ3n) is 6.41. The Morgan fingerprint density at radius 2 is 2.26 bits per heavy atom. The summed E-state index contributed by atoms with van der Waals surface area (Å²) < 4.78 is 11.3. The fourth-order valence-corrected chi connectivity index (χ4v) is 4.57. The lowest BCUT2D eigenvalue weighted by Gasteiger charge is -2.34. The van der Waals surface area contributed by atoms with Crippen molar-refractivity contribution in [3.63, 3.8) is 0 Å². The Labute approximate surface area is 159 Å². The number of hydrogen-bond donors (Lipinski definition) is 1. The van der Waals surface area contributed by atoms with E-state index >= 15 is 0 Å². The fourth-order valence-electron chi connectivity index (χ4n) is 4.57. The van der Waals surface area contributed by atoms with Crippen LogP contribution in [0.25, 0.3) is 0 Å². The molecule has 1 aromatic rings. The normalized spacial score (nSPS) is 29.9. The maximum absolute atomic E-state index is 12.8. The summed E-state index contributed by atoms with van der Waals surface area (Å²) in [7, 11) is 0. The average molecular weight is 372 g/mol. The Hall–Kier alpha value is -1.73. The largest absolute Gasteiger partial charge is 0.381 e. The van der Waals surface area contributed by atoms with Crippen LogP contribution >= 0.6 is 0 Å². The second-order valence-electron chi connectivity index (χ2n) is 8.59. The molecule has 7 nitrogen and oxygen atoms in total. The molecule has 7 heteroatoms. The number of carbonyl (C=O) groups excluding carboxylic acids is 1. The van der Waals surface area contributed by atoms with Gasteiger partial charge in [0.2, 0.25) is 11.9 Å². The first-order chi connectivity index (χ1) is 13.2. The van der Waals surface area contributed by atoms with Gasteiger partial charge in [0, 0.05) is 50.5 Å². The van der Waals surface area contributed by atoms with Gasteiger partial charge in [-0.2, -0.15) is 0 Å². The number of amides is 1. The van der Waals surface area contributed by atoms with Crippen molar-refractivity contribution in [1.82, 2.24) is 14.9 Å². The number of aromatic nitrogens is 2. The zero-order valence-corrected chi connectivity index (χ0v) is 15.8. The van der Waals surface area contributed by atoms with Crippen LogP contribution in [0.4, 0.5) is 5.95 Å². The summed E-state index contributed by atoms with van der Waals surface area (Å²) in [5, 5.41) is 3.40. The molecule has 1 N–H and O–H groups in total. The minimum absolute atomic E-state index is 0.178. The summed E-state index contributed by atoms with van der Waals surface area (Å²) in [4.78, 5) is 24.1. The van der Waals surface area contributed by atoms with Crippen molar-refractivity contribution in [2.24, 2.45) is 5.92 Å². The van der Waals surface area contributed by atoms with Crippen LogP contribution in [-0.2, 0) is 26.3 Å². The van der Waals surface area contributed by atoms with E-state index in [1.807, 2.05) is 11.1 Å². The van der Waals surface area contributed by atoms with Gasteiger partial charge in [-0.05, 0) is 38.0 Å². The number of likely N-dealkylation sites (tertiary alicyclic amines) is 1. The molecule has 3 aliphatic heterocycles. The molecule has 5 rings (SSSR count). The molecule has 0 unspecified atom stereocenters. The number of fused-ring (bicyclic) bond motifs is 2. The molecular formula is C20H28N4O3. The van der Waals surface area contributed by atoms with Gasteiger partial charge in [0.25, 0.3) is 0 Å². The topological polar surface area (TPSA) is 76.6 Å². The molecule has 2 saturated heterocycles. The number of ether oxygens (including phenoxy) is 2. The zero-order valence-electron chi connectivity index (χ0n) is 15.8. The monoisotopic (exact) mass is 372 g/mol.